The molecule has 0 aromatic heterocycles. The van der Waals surface area contributed by atoms with E-state index in [2.05, 4.69) is 6.92 Å². The summed E-state index contributed by atoms with van der Waals surface area (Å²) in [6.07, 6.45) is 5.90. The average Bonchev–Trinajstić information content (AvgIpc) is 2.41. The van der Waals surface area contributed by atoms with Gasteiger partial charge in [0.25, 0.3) is 5.91 Å². The highest BCUT2D eigenvalue weighted by molar-refractivity contribution is 5.96. The van der Waals surface area contributed by atoms with Gasteiger partial charge in [-0.25, -0.2) is 0 Å². The van der Waals surface area contributed by atoms with Crippen LogP contribution in [-0.4, -0.2) is 12.0 Å². The van der Waals surface area contributed by atoms with Gasteiger partial charge in [0.1, 0.15) is 5.75 Å². The van der Waals surface area contributed by atoms with E-state index in [4.69, 9.17) is 16.2 Å². The smallest absolute Gasteiger partial charge is 0.252 e. The summed E-state index contributed by atoms with van der Waals surface area (Å²) in [6.45, 7) is 2.23. The number of ether oxygens (including phenoxy) is 1. The van der Waals surface area contributed by atoms with Crippen LogP contribution in [0.25, 0.3) is 0 Å². The Kier molecular flexibility index (Phi) is 4.30. The van der Waals surface area contributed by atoms with Crippen molar-refractivity contribution in [3.8, 4) is 5.75 Å². The number of hydrogen-bond donors (Lipinski definition) is 2. The number of primary amides is 1. The molecule has 1 saturated carbocycles. The van der Waals surface area contributed by atoms with Crippen LogP contribution in [0.1, 0.15) is 49.4 Å². The Balaban J connectivity index is 2.05. The molecule has 104 valence electrons. The monoisotopic (exact) mass is 262 g/mol. The fourth-order valence-corrected chi connectivity index (χ4v) is 2.68. The summed E-state index contributed by atoms with van der Waals surface area (Å²) in [7, 11) is 0. The average molecular weight is 262 g/mol. The number of hydrogen-bond acceptors (Lipinski definition) is 3. The summed E-state index contributed by atoms with van der Waals surface area (Å²) in [4.78, 5) is 11.4. The lowest BCUT2D eigenvalue weighted by Crippen LogP contribution is -2.25. The number of carbonyl (C=O) groups excluding carboxylic acids is 1. The van der Waals surface area contributed by atoms with Gasteiger partial charge in [0, 0.05) is 5.69 Å². The summed E-state index contributed by atoms with van der Waals surface area (Å²) in [6, 6.07) is 5.05. The van der Waals surface area contributed by atoms with Gasteiger partial charge in [-0.2, -0.15) is 0 Å². The number of amides is 1. The molecular formula is C15H22N2O2. The van der Waals surface area contributed by atoms with Gasteiger partial charge in [-0.1, -0.05) is 13.3 Å². The highest BCUT2D eigenvalue weighted by Crippen LogP contribution is 2.31. The maximum absolute atomic E-state index is 11.4. The van der Waals surface area contributed by atoms with Crippen LogP contribution >= 0.6 is 0 Å². The molecule has 4 heteroatoms. The first-order valence-corrected chi connectivity index (χ1v) is 6.96. The Morgan fingerprint density at radius 1 is 1.32 bits per heavy atom. The quantitative estimate of drug-likeness (QED) is 0.819. The Hall–Kier alpha value is -1.71. The van der Waals surface area contributed by atoms with Gasteiger partial charge >= 0.3 is 0 Å². The second-order valence-electron chi connectivity index (χ2n) is 5.29. The Morgan fingerprint density at radius 2 is 2.00 bits per heavy atom. The predicted molar refractivity (Wildman–Crippen MR) is 76.0 cm³/mol. The Morgan fingerprint density at radius 3 is 2.58 bits per heavy atom. The number of anilines is 1. The van der Waals surface area contributed by atoms with Crippen molar-refractivity contribution in [1.29, 1.82) is 0 Å². The molecule has 1 aliphatic carbocycles. The van der Waals surface area contributed by atoms with Crippen LogP contribution in [0, 0.1) is 5.92 Å². The highest BCUT2D eigenvalue weighted by atomic mass is 16.5. The lowest BCUT2D eigenvalue weighted by atomic mass is 9.86. The third kappa shape index (κ3) is 3.40. The van der Waals surface area contributed by atoms with E-state index in [0.717, 1.165) is 18.8 Å². The van der Waals surface area contributed by atoms with Gasteiger partial charge in [0.05, 0.1) is 11.7 Å². The first-order chi connectivity index (χ1) is 9.10. The van der Waals surface area contributed by atoms with Crippen molar-refractivity contribution in [2.45, 2.75) is 45.1 Å². The normalized spacial score (nSPS) is 23.0. The Bertz CT molecular complexity index is 451. The minimum Gasteiger partial charge on any atom is -0.490 e. The molecule has 0 unspecified atom stereocenters. The maximum Gasteiger partial charge on any atom is 0.252 e. The van der Waals surface area contributed by atoms with Gasteiger partial charge in [0.15, 0.2) is 0 Å². The number of nitrogen functional groups attached to an aromatic ring is 1. The lowest BCUT2D eigenvalue weighted by molar-refractivity contribution is 0.0981. The predicted octanol–water partition coefficient (Wildman–Crippen LogP) is 2.72. The van der Waals surface area contributed by atoms with Crippen LogP contribution in [0.5, 0.6) is 5.75 Å². The van der Waals surface area contributed by atoms with Crippen molar-refractivity contribution in [1.82, 2.24) is 0 Å². The van der Waals surface area contributed by atoms with E-state index in [1.54, 1.807) is 18.2 Å². The molecule has 19 heavy (non-hydrogen) atoms. The van der Waals surface area contributed by atoms with Crippen LogP contribution in [0.3, 0.4) is 0 Å². The number of rotatable bonds is 4. The van der Waals surface area contributed by atoms with E-state index in [0.29, 0.717) is 17.0 Å². The fourth-order valence-electron chi connectivity index (χ4n) is 2.68. The van der Waals surface area contributed by atoms with Crippen molar-refractivity contribution in [2.24, 2.45) is 11.7 Å². The van der Waals surface area contributed by atoms with Crippen molar-refractivity contribution >= 4 is 11.6 Å². The minimum atomic E-state index is -0.496. The summed E-state index contributed by atoms with van der Waals surface area (Å²) in [5.41, 5.74) is 11.9. The van der Waals surface area contributed by atoms with Gasteiger partial charge in [-0.15, -0.1) is 0 Å². The fraction of sp³-hybridized carbons (Fsp3) is 0.533. The molecule has 1 amide bonds. The molecule has 0 aliphatic heterocycles. The summed E-state index contributed by atoms with van der Waals surface area (Å²) >= 11 is 0. The first kappa shape index (κ1) is 13.7. The zero-order valence-electron chi connectivity index (χ0n) is 11.4. The summed E-state index contributed by atoms with van der Waals surface area (Å²) in [5, 5.41) is 0. The zero-order chi connectivity index (χ0) is 13.8. The van der Waals surface area contributed by atoms with E-state index in [9.17, 15) is 4.79 Å². The molecule has 1 aromatic carbocycles. The van der Waals surface area contributed by atoms with E-state index in [1.165, 1.54) is 19.3 Å². The minimum absolute atomic E-state index is 0.185. The lowest BCUT2D eigenvalue weighted by Gasteiger charge is -2.28. The topological polar surface area (TPSA) is 78.3 Å². The summed E-state index contributed by atoms with van der Waals surface area (Å²) < 4.78 is 5.94. The van der Waals surface area contributed by atoms with Gasteiger partial charge in [0.2, 0.25) is 0 Å². The number of nitrogens with two attached hydrogens (primary N) is 2. The van der Waals surface area contributed by atoms with E-state index in [1.807, 2.05) is 0 Å². The second kappa shape index (κ2) is 5.95. The zero-order valence-corrected chi connectivity index (χ0v) is 11.4. The largest absolute Gasteiger partial charge is 0.490 e. The third-order valence-electron chi connectivity index (χ3n) is 3.93. The molecule has 0 bridgehead atoms. The number of benzene rings is 1. The van der Waals surface area contributed by atoms with E-state index >= 15 is 0 Å². The van der Waals surface area contributed by atoms with Crippen molar-refractivity contribution in [2.75, 3.05) is 5.73 Å². The van der Waals surface area contributed by atoms with Crippen LogP contribution in [0.15, 0.2) is 18.2 Å². The van der Waals surface area contributed by atoms with Crippen LogP contribution < -0.4 is 16.2 Å². The van der Waals surface area contributed by atoms with Gasteiger partial charge in [-0.05, 0) is 49.8 Å². The molecule has 1 aromatic rings. The van der Waals surface area contributed by atoms with Crippen molar-refractivity contribution < 1.29 is 9.53 Å². The standard InChI is InChI=1S/C15H22N2O2/c1-2-10-3-6-12(7-4-10)19-14-8-5-11(16)9-13(14)15(17)18/h5,8-10,12H,2-4,6-7,16H2,1H3,(H2,17,18). The van der Waals surface area contributed by atoms with Gasteiger partial charge < -0.3 is 16.2 Å². The molecule has 4 nitrogen and oxygen atoms in total. The molecule has 0 spiro atoms. The molecule has 1 fully saturated rings. The van der Waals surface area contributed by atoms with E-state index in [-0.39, 0.29) is 6.10 Å². The second-order valence-corrected chi connectivity index (χ2v) is 5.29. The number of carbonyl (C=O) groups is 1. The van der Waals surface area contributed by atoms with E-state index < -0.39 is 5.91 Å². The van der Waals surface area contributed by atoms with Gasteiger partial charge in [-0.3, -0.25) is 4.79 Å². The maximum atomic E-state index is 11.4. The first-order valence-electron chi connectivity index (χ1n) is 6.96. The van der Waals surface area contributed by atoms with Crippen molar-refractivity contribution in [3.63, 3.8) is 0 Å². The SMILES string of the molecule is CCC1CCC(Oc2ccc(N)cc2C(N)=O)CC1. The molecule has 1 aliphatic rings. The van der Waals surface area contributed by atoms with Crippen LogP contribution in [0.4, 0.5) is 5.69 Å². The third-order valence-corrected chi connectivity index (χ3v) is 3.93. The van der Waals surface area contributed by atoms with Crippen LogP contribution in [-0.2, 0) is 0 Å². The highest BCUT2D eigenvalue weighted by Gasteiger charge is 2.22. The molecule has 0 radical (unpaired) electrons. The van der Waals surface area contributed by atoms with Crippen LogP contribution in [0.2, 0.25) is 0 Å². The molecular weight excluding hydrogens is 240 g/mol. The molecule has 0 saturated heterocycles. The Labute approximate surface area is 114 Å². The molecule has 2 rings (SSSR count). The molecule has 0 atom stereocenters. The molecule has 4 N–H and O–H groups in total. The van der Waals surface area contributed by atoms with Crippen molar-refractivity contribution in [3.05, 3.63) is 23.8 Å². The molecule has 0 heterocycles. The summed E-state index contributed by atoms with van der Waals surface area (Å²) in [5.74, 6) is 0.882.